The Bertz CT molecular complexity index is 526. The summed E-state index contributed by atoms with van der Waals surface area (Å²) in [7, 11) is 0. The molecule has 0 fully saturated rings. The molecule has 0 aromatic carbocycles. The van der Waals surface area contributed by atoms with Gasteiger partial charge in [0.25, 0.3) is 0 Å². The largest absolute Gasteiger partial charge is 0.348 e. The molecule has 1 atom stereocenters. The van der Waals surface area contributed by atoms with Gasteiger partial charge in [0.05, 0.1) is 18.6 Å². The highest BCUT2D eigenvalue weighted by molar-refractivity contribution is 5.16. The van der Waals surface area contributed by atoms with Gasteiger partial charge in [-0.05, 0) is 37.9 Å². The van der Waals surface area contributed by atoms with Crippen molar-refractivity contribution in [1.29, 1.82) is 0 Å². The normalized spacial score (nSPS) is 12.7. The Kier molecular flexibility index (Phi) is 6.05. The predicted molar refractivity (Wildman–Crippen MR) is 87.4 cm³/mol. The molecule has 0 amide bonds. The van der Waals surface area contributed by atoms with E-state index in [1.54, 1.807) is 0 Å². The Morgan fingerprint density at radius 2 is 2.10 bits per heavy atom. The third-order valence-electron chi connectivity index (χ3n) is 3.88. The average Bonchev–Trinajstić information content (AvgIpc) is 3.13. The smallest absolute Gasteiger partial charge is 0.0948 e. The fraction of sp³-hybridized carbons (Fsp3) is 0.588. The van der Waals surface area contributed by atoms with Gasteiger partial charge in [-0.2, -0.15) is 0 Å². The Balaban J connectivity index is 2.05. The van der Waals surface area contributed by atoms with E-state index in [1.165, 1.54) is 30.5 Å². The van der Waals surface area contributed by atoms with Gasteiger partial charge in [-0.25, -0.2) is 4.98 Å². The van der Waals surface area contributed by atoms with Crippen molar-refractivity contribution in [3.63, 3.8) is 0 Å². The first-order chi connectivity index (χ1) is 10.3. The summed E-state index contributed by atoms with van der Waals surface area (Å²) in [5.74, 6) is 0. The van der Waals surface area contributed by atoms with Crippen molar-refractivity contribution in [2.45, 2.75) is 59.2 Å². The predicted octanol–water partition coefficient (Wildman–Crippen LogP) is 3.59. The van der Waals surface area contributed by atoms with E-state index in [9.17, 15) is 0 Å². The molecular weight excluding hydrogens is 260 g/mol. The first kappa shape index (κ1) is 15.8. The monoisotopic (exact) mass is 288 g/mol. The molecule has 4 heteroatoms. The lowest BCUT2D eigenvalue weighted by atomic mass is 10.1. The van der Waals surface area contributed by atoms with Crippen LogP contribution in [0.1, 0.15) is 57.3 Å². The lowest BCUT2D eigenvalue weighted by molar-refractivity contribution is 0.493. The van der Waals surface area contributed by atoms with Crippen LogP contribution in [0.4, 0.5) is 0 Å². The molecule has 0 bridgehead atoms. The van der Waals surface area contributed by atoms with Gasteiger partial charge in [-0.1, -0.05) is 20.3 Å². The SMILES string of the molecule is CCCNC(CCC)c1ccn(Cc2cncn2CC)c1. The highest BCUT2D eigenvalue weighted by atomic mass is 15.1. The van der Waals surface area contributed by atoms with Gasteiger partial charge in [0.1, 0.15) is 0 Å². The van der Waals surface area contributed by atoms with E-state index in [4.69, 9.17) is 0 Å². The molecule has 0 spiro atoms. The van der Waals surface area contributed by atoms with Crippen LogP contribution in [0, 0.1) is 0 Å². The van der Waals surface area contributed by atoms with Gasteiger partial charge >= 0.3 is 0 Å². The number of nitrogens with one attached hydrogen (secondary N) is 1. The number of imidazole rings is 1. The Morgan fingerprint density at radius 1 is 1.24 bits per heavy atom. The molecule has 21 heavy (non-hydrogen) atoms. The molecule has 0 saturated carbocycles. The summed E-state index contributed by atoms with van der Waals surface area (Å²) >= 11 is 0. The van der Waals surface area contributed by atoms with Crippen molar-refractivity contribution in [3.05, 3.63) is 42.2 Å². The summed E-state index contributed by atoms with van der Waals surface area (Å²) in [6.07, 6.45) is 11.9. The summed E-state index contributed by atoms with van der Waals surface area (Å²) in [5, 5.41) is 3.65. The molecule has 1 unspecified atom stereocenters. The zero-order valence-corrected chi connectivity index (χ0v) is 13.5. The maximum absolute atomic E-state index is 4.24. The fourth-order valence-electron chi connectivity index (χ4n) is 2.71. The molecule has 4 nitrogen and oxygen atoms in total. The van der Waals surface area contributed by atoms with Crippen LogP contribution in [0.2, 0.25) is 0 Å². The molecule has 0 radical (unpaired) electrons. The van der Waals surface area contributed by atoms with E-state index in [0.29, 0.717) is 6.04 Å². The van der Waals surface area contributed by atoms with Crippen LogP contribution in [0.5, 0.6) is 0 Å². The molecule has 2 rings (SSSR count). The maximum Gasteiger partial charge on any atom is 0.0948 e. The zero-order chi connectivity index (χ0) is 15.1. The number of aryl methyl sites for hydroxylation is 1. The van der Waals surface area contributed by atoms with E-state index in [1.807, 2.05) is 12.5 Å². The van der Waals surface area contributed by atoms with Gasteiger partial charge in [-0.3, -0.25) is 0 Å². The number of aromatic nitrogens is 3. The molecule has 2 heterocycles. The molecule has 0 aliphatic carbocycles. The Hall–Kier alpha value is -1.55. The van der Waals surface area contributed by atoms with Crippen molar-refractivity contribution in [3.8, 4) is 0 Å². The van der Waals surface area contributed by atoms with E-state index < -0.39 is 0 Å². The lowest BCUT2D eigenvalue weighted by Crippen LogP contribution is -2.21. The zero-order valence-electron chi connectivity index (χ0n) is 13.5. The maximum atomic E-state index is 4.24. The van der Waals surface area contributed by atoms with Crippen LogP contribution in [0.3, 0.4) is 0 Å². The molecule has 2 aromatic heterocycles. The summed E-state index contributed by atoms with van der Waals surface area (Å²) in [4.78, 5) is 4.24. The van der Waals surface area contributed by atoms with Crippen molar-refractivity contribution in [2.24, 2.45) is 0 Å². The third-order valence-corrected chi connectivity index (χ3v) is 3.88. The van der Waals surface area contributed by atoms with Crippen LogP contribution in [0.15, 0.2) is 31.0 Å². The van der Waals surface area contributed by atoms with Gasteiger partial charge in [0.15, 0.2) is 0 Å². The van der Waals surface area contributed by atoms with Crippen molar-refractivity contribution in [2.75, 3.05) is 6.54 Å². The van der Waals surface area contributed by atoms with Crippen LogP contribution in [-0.2, 0) is 13.1 Å². The van der Waals surface area contributed by atoms with Crippen molar-refractivity contribution in [1.82, 2.24) is 19.4 Å². The number of hydrogen-bond donors (Lipinski definition) is 1. The second-order valence-electron chi connectivity index (χ2n) is 5.58. The number of nitrogens with zero attached hydrogens (tertiary/aromatic N) is 3. The average molecular weight is 288 g/mol. The Morgan fingerprint density at radius 3 is 2.81 bits per heavy atom. The van der Waals surface area contributed by atoms with Gasteiger partial charge in [0.2, 0.25) is 0 Å². The molecule has 116 valence electrons. The standard InChI is InChI=1S/C17H28N4/c1-4-7-17(19-9-5-2)15-8-10-20(12-15)13-16-11-18-14-21(16)6-3/h8,10-12,14,17,19H,4-7,9,13H2,1-3H3. The lowest BCUT2D eigenvalue weighted by Gasteiger charge is -2.16. The van der Waals surface area contributed by atoms with Gasteiger partial charge in [0, 0.05) is 31.2 Å². The molecular formula is C17H28N4. The summed E-state index contributed by atoms with van der Waals surface area (Å²) in [6.45, 7) is 9.56. The number of rotatable bonds is 9. The molecule has 1 N–H and O–H groups in total. The van der Waals surface area contributed by atoms with Crippen LogP contribution >= 0.6 is 0 Å². The van der Waals surface area contributed by atoms with E-state index in [-0.39, 0.29) is 0 Å². The topological polar surface area (TPSA) is 34.8 Å². The molecule has 0 aliphatic rings. The second kappa shape index (κ2) is 8.03. The highest BCUT2D eigenvalue weighted by Gasteiger charge is 2.11. The highest BCUT2D eigenvalue weighted by Crippen LogP contribution is 2.19. The van der Waals surface area contributed by atoms with Crippen LogP contribution < -0.4 is 5.32 Å². The summed E-state index contributed by atoms with van der Waals surface area (Å²) in [5.41, 5.74) is 2.65. The molecule has 2 aromatic rings. The Labute approximate surface area is 128 Å². The summed E-state index contributed by atoms with van der Waals surface area (Å²) < 4.78 is 4.45. The first-order valence-corrected chi connectivity index (χ1v) is 8.16. The first-order valence-electron chi connectivity index (χ1n) is 8.16. The van der Waals surface area contributed by atoms with Crippen LogP contribution in [0.25, 0.3) is 0 Å². The third kappa shape index (κ3) is 4.21. The minimum Gasteiger partial charge on any atom is -0.348 e. The van der Waals surface area contributed by atoms with E-state index in [0.717, 1.165) is 19.6 Å². The fourth-order valence-corrected chi connectivity index (χ4v) is 2.71. The minimum absolute atomic E-state index is 0.479. The minimum atomic E-state index is 0.479. The van der Waals surface area contributed by atoms with Gasteiger partial charge in [-0.15, -0.1) is 0 Å². The van der Waals surface area contributed by atoms with Crippen LogP contribution in [-0.4, -0.2) is 20.7 Å². The quantitative estimate of drug-likeness (QED) is 0.765. The number of hydrogen-bond acceptors (Lipinski definition) is 2. The van der Waals surface area contributed by atoms with E-state index in [2.05, 4.69) is 58.7 Å². The molecule has 0 aliphatic heterocycles. The van der Waals surface area contributed by atoms with E-state index >= 15 is 0 Å². The summed E-state index contributed by atoms with van der Waals surface area (Å²) in [6, 6.07) is 2.72. The van der Waals surface area contributed by atoms with Crippen molar-refractivity contribution < 1.29 is 0 Å². The second-order valence-corrected chi connectivity index (χ2v) is 5.58. The van der Waals surface area contributed by atoms with Gasteiger partial charge < -0.3 is 14.5 Å². The molecule has 0 saturated heterocycles. The van der Waals surface area contributed by atoms with Crippen molar-refractivity contribution >= 4 is 0 Å².